The summed E-state index contributed by atoms with van der Waals surface area (Å²) >= 11 is 0. The number of fused-ring (bicyclic) bond motifs is 1. The predicted octanol–water partition coefficient (Wildman–Crippen LogP) is 3.72. The van der Waals surface area contributed by atoms with Crippen LogP contribution in [0.1, 0.15) is 37.6 Å². The predicted molar refractivity (Wildman–Crippen MR) is 84.2 cm³/mol. The minimum Gasteiger partial charge on any atom is -0.360 e. The van der Waals surface area contributed by atoms with Crippen LogP contribution in [0.5, 0.6) is 0 Å². The second-order valence-corrected chi connectivity index (χ2v) is 5.51. The van der Waals surface area contributed by atoms with Gasteiger partial charge in [-0.2, -0.15) is 0 Å². The fourth-order valence-corrected chi connectivity index (χ4v) is 2.47. The molecule has 1 aromatic heterocycles. The van der Waals surface area contributed by atoms with E-state index in [-0.39, 0.29) is 5.78 Å². The van der Waals surface area contributed by atoms with Crippen LogP contribution in [-0.4, -0.2) is 35.3 Å². The SMILES string of the molecule is CCC(C)CN(CC)CC(=O)c1c[nH]c2ccccc12. The number of nitrogens with one attached hydrogen (secondary N) is 1. The molecular weight excluding hydrogens is 248 g/mol. The van der Waals surface area contributed by atoms with Crippen molar-refractivity contribution in [2.45, 2.75) is 27.2 Å². The van der Waals surface area contributed by atoms with Gasteiger partial charge in [0.25, 0.3) is 0 Å². The van der Waals surface area contributed by atoms with Crippen molar-refractivity contribution in [3.63, 3.8) is 0 Å². The molecule has 0 amide bonds. The number of aromatic amines is 1. The highest BCUT2D eigenvalue weighted by atomic mass is 16.1. The Morgan fingerprint density at radius 2 is 2.05 bits per heavy atom. The van der Waals surface area contributed by atoms with Crippen LogP contribution in [0.25, 0.3) is 10.9 Å². The van der Waals surface area contributed by atoms with E-state index in [9.17, 15) is 4.79 Å². The van der Waals surface area contributed by atoms with Crippen molar-refractivity contribution < 1.29 is 4.79 Å². The maximum atomic E-state index is 12.5. The topological polar surface area (TPSA) is 36.1 Å². The third-order valence-corrected chi connectivity index (χ3v) is 3.97. The Morgan fingerprint density at radius 3 is 2.75 bits per heavy atom. The zero-order valence-electron chi connectivity index (χ0n) is 12.6. The van der Waals surface area contributed by atoms with E-state index >= 15 is 0 Å². The van der Waals surface area contributed by atoms with Crippen LogP contribution in [0.15, 0.2) is 30.5 Å². The van der Waals surface area contributed by atoms with Crippen molar-refractivity contribution in [3.05, 3.63) is 36.0 Å². The molecule has 0 saturated carbocycles. The standard InChI is InChI=1S/C17H24N2O/c1-4-13(3)11-19(5-2)12-17(20)15-10-18-16-9-7-6-8-14(15)16/h6-10,13,18H,4-5,11-12H2,1-3H3. The number of ketones is 1. The lowest BCUT2D eigenvalue weighted by atomic mass is 10.1. The average molecular weight is 272 g/mol. The molecule has 0 fully saturated rings. The molecule has 1 atom stereocenters. The first-order valence-electron chi connectivity index (χ1n) is 7.47. The number of H-pyrrole nitrogens is 1. The molecule has 108 valence electrons. The lowest BCUT2D eigenvalue weighted by molar-refractivity contribution is 0.0925. The minimum atomic E-state index is 0.201. The lowest BCUT2D eigenvalue weighted by Gasteiger charge is -2.22. The molecule has 0 aliphatic carbocycles. The van der Waals surface area contributed by atoms with Crippen LogP contribution >= 0.6 is 0 Å². The lowest BCUT2D eigenvalue weighted by Crippen LogP contribution is -2.33. The summed E-state index contributed by atoms with van der Waals surface area (Å²) in [7, 11) is 0. The molecule has 0 aliphatic heterocycles. The van der Waals surface area contributed by atoms with Crippen LogP contribution in [0, 0.1) is 5.92 Å². The van der Waals surface area contributed by atoms with E-state index in [4.69, 9.17) is 0 Å². The maximum Gasteiger partial charge on any atom is 0.178 e. The number of likely N-dealkylation sites (N-methyl/N-ethyl adjacent to an activating group) is 1. The molecule has 20 heavy (non-hydrogen) atoms. The molecule has 3 nitrogen and oxygen atoms in total. The molecule has 0 radical (unpaired) electrons. The van der Waals surface area contributed by atoms with E-state index < -0.39 is 0 Å². The molecule has 1 unspecified atom stereocenters. The third-order valence-electron chi connectivity index (χ3n) is 3.97. The van der Waals surface area contributed by atoms with Crippen LogP contribution < -0.4 is 0 Å². The largest absolute Gasteiger partial charge is 0.360 e. The van der Waals surface area contributed by atoms with Crippen molar-refractivity contribution >= 4 is 16.7 Å². The van der Waals surface area contributed by atoms with E-state index in [1.807, 2.05) is 30.5 Å². The Balaban J connectivity index is 2.11. The van der Waals surface area contributed by atoms with Gasteiger partial charge in [0.05, 0.1) is 6.54 Å². The fraction of sp³-hybridized carbons (Fsp3) is 0.471. The number of para-hydroxylation sites is 1. The number of hydrogen-bond donors (Lipinski definition) is 1. The van der Waals surface area contributed by atoms with Crippen molar-refractivity contribution in [3.8, 4) is 0 Å². The van der Waals surface area contributed by atoms with Gasteiger partial charge in [0.1, 0.15) is 0 Å². The van der Waals surface area contributed by atoms with Gasteiger partial charge in [-0.05, 0) is 18.5 Å². The summed E-state index contributed by atoms with van der Waals surface area (Å²) in [5, 5.41) is 1.03. The van der Waals surface area contributed by atoms with Gasteiger partial charge in [0.2, 0.25) is 0 Å². The van der Waals surface area contributed by atoms with E-state index in [0.717, 1.165) is 36.0 Å². The van der Waals surface area contributed by atoms with Gasteiger partial charge >= 0.3 is 0 Å². The Labute approximate surface area is 121 Å². The van der Waals surface area contributed by atoms with Gasteiger partial charge in [0, 0.05) is 29.2 Å². The number of carbonyl (C=O) groups excluding carboxylic acids is 1. The number of aromatic nitrogens is 1. The molecule has 2 rings (SSSR count). The van der Waals surface area contributed by atoms with Gasteiger partial charge in [-0.25, -0.2) is 0 Å². The molecule has 2 aromatic rings. The number of nitrogens with zero attached hydrogens (tertiary/aromatic N) is 1. The van der Waals surface area contributed by atoms with Crippen molar-refractivity contribution in [1.82, 2.24) is 9.88 Å². The Kier molecular flexibility index (Phi) is 4.96. The van der Waals surface area contributed by atoms with Crippen molar-refractivity contribution in [2.75, 3.05) is 19.6 Å². The van der Waals surface area contributed by atoms with Crippen LogP contribution in [0.2, 0.25) is 0 Å². The van der Waals surface area contributed by atoms with Crippen molar-refractivity contribution in [1.29, 1.82) is 0 Å². The fourth-order valence-electron chi connectivity index (χ4n) is 2.47. The Hall–Kier alpha value is -1.61. The van der Waals surface area contributed by atoms with E-state index in [1.54, 1.807) is 0 Å². The first-order valence-corrected chi connectivity index (χ1v) is 7.47. The highest BCUT2D eigenvalue weighted by Crippen LogP contribution is 2.18. The van der Waals surface area contributed by atoms with Crippen molar-refractivity contribution in [2.24, 2.45) is 5.92 Å². The first-order chi connectivity index (χ1) is 9.65. The summed E-state index contributed by atoms with van der Waals surface area (Å²) in [4.78, 5) is 17.9. The van der Waals surface area contributed by atoms with Crippen LogP contribution in [0.3, 0.4) is 0 Å². The summed E-state index contributed by atoms with van der Waals surface area (Å²) < 4.78 is 0. The van der Waals surface area contributed by atoms with Gasteiger partial charge in [-0.1, -0.05) is 45.4 Å². The minimum absolute atomic E-state index is 0.201. The van der Waals surface area contributed by atoms with Gasteiger partial charge in [0.15, 0.2) is 5.78 Å². The van der Waals surface area contributed by atoms with Crippen LogP contribution in [0.4, 0.5) is 0 Å². The average Bonchev–Trinajstić information content (AvgIpc) is 2.90. The zero-order chi connectivity index (χ0) is 14.5. The number of benzene rings is 1. The first kappa shape index (κ1) is 14.8. The summed E-state index contributed by atoms with van der Waals surface area (Å²) in [6, 6.07) is 7.96. The highest BCUT2D eigenvalue weighted by Gasteiger charge is 2.16. The van der Waals surface area contributed by atoms with Gasteiger partial charge in [-0.15, -0.1) is 0 Å². The molecule has 1 N–H and O–H groups in total. The third kappa shape index (κ3) is 3.28. The molecule has 0 saturated heterocycles. The number of rotatable bonds is 7. The second kappa shape index (κ2) is 6.71. The summed E-state index contributed by atoms with van der Waals surface area (Å²) in [5.41, 5.74) is 1.84. The summed E-state index contributed by atoms with van der Waals surface area (Å²) in [5.74, 6) is 0.832. The normalized spacial score (nSPS) is 13.0. The number of Topliss-reactive ketones (excluding diaryl/α,β-unsaturated/α-hetero) is 1. The van der Waals surface area contributed by atoms with E-state index in [0.29, 0.717) is 12.5 Å². The van der Waals surface area contributed by atoms with E-state index in [2.05, 4.69) is 30.7 Å². The smallest absolute Gasteiger partial charge is 0.178 e. The number of carbonyl (C=O) groups is 1. The molecule has 0 aliphatic rings. The highest BCUT2D eigenvalue weighted by molar-refractivity contribution is 6.08. The summed E-state index contributed by atoms with van der Waals surface area (Å²) in [6.45, 7) is 8.95. The molecule has 1 heterocycles. The Bertz CT molecular complexity index is 573. The summed E-state index contributed by atoms with van der Waals surface area (Å²) in [6.07, 6.45) is 2.99. The molecular formula is C17H24N2O. The monoisotopic (exact) mass is 272 g/mol. The van der Waals surface area contributed by atoms with Gasteiger partial charge < -0.3 is 4.98 Å². The maximum absolute atomic E-state index is 12.5. The molecule has 0 bridgehead atoms. The number of hydrogen-bond acceptors (Lipinski definition) is 2. The molecule has 0 spiro atoms. The quantitative estimate of drug-likeness (QED) is 0.780. The molecule has 3 heteroatoms. The zero-order valence-corrected chi connectivity index (χ0v) is 12.6. The van der Waals surface area contributed by atoms with E-state index in [1.165, 1.54) is 0 Å². The van der Waals surface area contributed by atoms with Crippen LogP contribution in [-0.2, 0) is 0 Å². The molecule has 1 aromatic carbocycles. The van der Waals surface area contributed by atoms with Gasteiger partial charge in [-0.3, -0.25) is 9.69 Å². The second-order valence-electron chi connectivity index (χ2n) is 5.51. The Morgan fingerprint density at radius 1 is 1.30 bits per heavy atom.